The fraction of sp³-hybridized carbons (Fsp3) is 0.579. The van der Waals surface area contributed by atoms with E-state index >= 15 is 0 Å². The lowest BCUT2D eigenvalue weighted by Crippen LogP contribution is -2.68. The van der Waals surface area contributed by atoms with Crippen LogP contribution in [0, 0.1) is 0 Å². The summed E-state index contributed by atoms with van der Waals surface area (Å²) in [4.78, 5) is 44.6. The molecule has 0 spiro atoms. The zero-order valence-corrected chi connectivity index (χ0v) is 18.9. The highest BCUT2D eigenvalue weighted by Crippen LogP contribution is 2.22. The topological polar surface area (TPSA) is 210 Å². The number of hydrazine groups is 2. The molecule has 14 heteroatoms. The van der Waals surface area contributed by atoms with Crippen molar-refractivity contribution in [1.82, 2.24) is 35.9 Å². The number of esters is 1. The van der Waals surface area contributed by atoms with Gasteiger partial charge in [0.05, 0.1) is 19.1 Å². The number of imidazole rings is 1. The van der Waals surface area contributed by atoms with Gasteiger partial charge >= 0.3 is 11.9 Å². The first kappa shape index (κ1) is 25.9. The summed E-state index contributed by atoms with van der Waals surface area (Å²) < 4.78 is 5.36. The van der Waals surface area contributed by atoms with E-state index in [1.165, 1.54) is 14.1 Å². The summed E-state index contributed by atoms with van der Waals surface area (Å²) in [5, 5.41) is 11.0. The number of aliphatic carboxylic acids is 1. The van der Waals surface area contributed by atoms with Crippen molar-refractivity contribution < 1.29 is 19.4 Å². The second-order valence-corrected chi connectivity index (χ2v) is 7.23. The second kappa shape index (κ2) is 12.6. The molecule has 0 unspecified atom stereocenters. The van der Waals surface area contributed by atoms with Gasteiger partial charge in [-0.2, -0.15) is 5.12 Å². The summed E-state index contributed by atoms with van der Waals surface area (Å²) in [6, 6.07) is 0. The zero-order valence-electron chi connectivity index (χ0n) is 18.9. The Labute approximate surface area is 191 Å². The van der Waals surface area contributed by atoms with Crippen molar-refractivity contribution in [3.63, 3.8) is 0 Å². The molecule has 1 atom stereocenters. The van der Waals surface area contributed by atoms with E-state index in [1.807, 2.05) is 0 Å². The normalized spacial score (nSPS) is 13.1. The number of carbonyl (C=O) groups is 2. The van der Waals surface area contributed by atoms with E-state index in [4.69, 9.17) is 16.2 Å². The fourth-order valence-electron chi connectivity index (χ4n) is 3.37. The van der Waals surface area contributed by atoms with E-state index in [1.54, 1.807) is 12.5 Å². The zero-order chi connectivity index (χ0) is 24.3. The number of carbonyl (C=O) groups excluding carboxylic acids is 1. The molecule has 0 radical (unpaired) electrons. The molecular formula is C19H32N10O4. The van der Waals surface area contributed by atoms with Gasteiger partial charge in [-0.05, 0) is 32.1 Å². The molecule has 0 saturated carbocycles. The van der Waals surface area contributed by atoms with E-state index in [0.29, 0.717) is 24.3 Å². The van der Waals surface area contributed by atoms with E-state index in [0.717, 1.165) is 23.5 Å². The number of H-pyrrole nitrogens is 1. The third kappa shape index (κ3) is 6.81. The Morgan fingerprint density at radius 2 is 1.97 bits per heavy atom. The minimum Gasteiger partial charge on any atom is -0.479 e. The van der Waals surface area contributed by atoms with Crippen LogP contribution in [0.3, 0.4) is 0 Å². The number of nitrogens with zero attached hydrogens (tertiary/aromatic N) is 5. The molecule has 8 N–H and O–H groups in total. The minimum atomic E-state index is -1.99. The number of ether oxygens (including phenoxy) is 1. The Morgan fingerprint density at radius 1 is 1.21 bits per heavy atom. The van der Waals surface area contributed by atoms with E-state index < -0.39 is 17.5 Å². The van der Waals surface area contributed by atoms with Crippen LogP contribution >= 0.6 is 0 Å². The third-order valence-electron chi connectivity index (χ3n) is 5.01. The molecule has 2 heterocycles. The van der Waals surface area contributed by atoms with E-state index in [2.05, 4.69) is 35.8 Å². The molecule has 0 aliphatic carbocycles. The number of fused-ring (bicyclic) bond motifs is 1. The van der Waals surface area contributed by atoms with Crippen molar-refractivity contribution in [3.8, 4) is 0 Å². The summed E-state index contributed by atoms with van der Waals surface area (Å²) in [5.41, 5.74) is 15.4. The van der Waals surface area contributed by atoms with Crippen LogP contribution in [0.5, 0.6) is 0 Å². The first-order valence-electron chi connectivity index (χ1n) is 10.6. The molecule has 0 amide bonds. The van der Waals surface area contributed by atoms with Gasteiger partial charge in [-0.1, -0.05) is 0 Å². The number of hydrogen-bond donors (Lipinski definition) is 6. The second-order valence-electron chi connectivity index (χ2n) is 7.23. The molecule has 0 bridgehead atoms. The van der Waals surface area contributed by atoms with Crippen molar-refractivity contribution in [2.75, 3.05) is 27.2 Å². The number of rotatable bonds is 15. The maximum atomic E-state index is 12.9. The quantitative estimate of drug-likeness (QED) is 0.0471. The molecule has 0 aliphatic rings. The number of hydrogen-bond acceptors (Lipinski definition) is 10. The predicted octanol–water partition coefficient (Wildman–Crippen LogP) is -0.943. The van der Waals surface area contributed by atoms with Crippen LogP contribution in [0.25, 0.3) is 11.2 Å². The molecule has 2 aromatic heterocycles. The predicted molar refractivity (Wildman–Crippen MR) is 120 cm³/mol. The largest absolute Gasteiger partial charge is 0.479 e. The van der Waals surface area contributed by atoms with Gasteiger partial charge in [-0.25, -0.2) is 35.4 Å². The lowest BCUT2D eigenvalue weighted by molar-refractivity contribution is -0.179. The minimum absolute atomic E-state index is 0.0768. The molecule has 182 valence electrons. The molecule has 0 aromatic carbocycles. The number of aromatic nitrogens is 4. The van der Waals surface area contributed by atoms with Gasteiger partial charge < -0.3 is 26.3 Å². The first-order chi connectivity index (χ1) is 15.8. The number of unbranched alkanes of at least 4 members (excludes halogenated alkanes) is 2. The van der Waals surface area contributed by atoms with Crippen LogP contribution in [0.2, 0.25) is 0 Å². The molecule has 0 fully saturated rings. The van der Waals surface area contributed by atoms with Gasteiger partial charge in [0, 0.05) is 27.1 Å². The van der Waals surface area contributed by atoms with Crippen molar-refractivity contribution in [1.29, 1.82) is 0 Å². The molecule has 2 aromatic rings. The highest BCUT2D eigenvalue weighted by atomic mass is 16.5. The monoisotopic (exact) mass is 464 g/mol. The van der Waals surface area contributed by atoms with E-state index in [-0.39, 0.29) is 32.0 Å². The van der Waals surface area contributed by atoms with Gasteiger partial charge in [0.15, 0.2) is 11.6 Å². The summed E-state index contributed by atoms with van der Waals surface area (Å²) in [6.45, 7) is 0.264. The summed E-state index contributed by atoms with van der Waals surface area (Å²) in [6.07, 6.45) is 6.20. The number of aromatic amines is 1. The number of nitrogens with one attached hydrogen (secondary N) is 3. The van der Waals surface area contributed by atoms with Gasteiger partial charge in [0.1, 0.15) is 11.3 Å². The summed E-state index contributed by atoms with van der Waals surface area (Å²) in [7, 11) is 3.00. The van der Waals surface area contributed by atoms with E-state index in [9.17, 15) is 14.7 Å². The van der Waals surface area contributed by atoms with Crippen LogP contribution in [-0.2, 0) is 20.7 Å². The van der Waals surface area contributed by atoms with Crippen LogP contribution in [0.4, 0.5) is 0 Å². The van der Waals surface area contributed by atoms with Gasteiger partial charge in [-0.15, -0.1) is 0 Å². The molecule has 0 saturated heterocycles. The Balaban J connectivity index is 1.88. The number of aliphatic imine (C=N–C) groups is 1. The van der Waals surface area contributed by atoms with Crippen LogP contribution in [0.15, 0.2) is 17.5 Å². The Hall–Kier alpha value is -3.36. The first-order valence-corrected chi connectivity index (χ1v) is 10.6. The maximum Gasteiger partial charge on any atom is 0.341 e. The molecule has 0 aliphatic heterocycles. The average molecular weight is 465 g/mol. The Morgan fingerprint density at radius 3 is 2.64 bits per heavy atom. The number of carboxylic acid groups (broad SMARTS) is 1. The van der Waals surface area contributed by atoms with Crippen LogP contribution in [-0.4, -0.2) is 80.8 Å². The SMILES string of the molecule is CNN(NC)[C@](CCCN=C(N)N)(C(=O)O)C(=O)OCCCCCc1ncc2[nH]cnc2n1. The number of carboxylic acids is 1. The van der Waals surface area contributed by atoms with Crippen molar-refractivity contribution in [2.45, 2.75) is 44.1 Å². The fourth-order valence-corrected chi connectivity index (χ4v) is 3.37. The standard InChI is InChI=1S/C19H32N10O4/c1-22-29(23-2)19(16(30)31,8-6-9-24-18(20)21)17(32)33-10-5-3-4-7-14-25-11-13-15(28-14)27-12-26-13/h11-12,22-23H,3-10H2,1-2H3,(H,30,31)(H4,20,21,24)(H,25,26,27,28)/t19-/m1/s1. The molecule has 2 rings (SSSR count). The Kier molecular flexibility index (Phi) is 9.90. The molecule has 14 nitrogen and oxygen atoms in total. The van der Waals surface area contributed by atoms with Crippen LogP contribution in [0.1, 0.15) is 37.9 Å². The Bertz CT molecular complexity index is 942. The summed E-state index contributed by atoms with van der Waals surface area (Å²) >= 11 is 0. The van der Waals surface area contributed by atoms with Crippen molar-refractivity contribution in [2.24, 2.45) is 16.5 Å². The summed E-state index contributed by atoms with van der Waals surface area (Å²) in [5.74, 6) is -1.65. The van der Waals surface area contributed by atoms with Gasteiger partial charge in [0.25, 0.3) is 0 Å². The average Bonchev–Trinajstić information content (AvgIpc) is 3.25. The maximum absolute atomic E-state index is 12.9. The van der Waals surface area contributed by atoms with Crippen LogP contribution < -0.4 is 22.3 Å². The smallest absolute Gasteiger partial charge is 0.341 e. The lowest BCUT2D eigenvalue weighted by Gasteiger charge is -2.36. The highest BCUT2D eigenvalue weighted by molar-refractivity contribution is 6.04. The molecule has 33 heavy (non-hydrogen) atoms. The van der Waals surface area contributed by atoms with Crippen molar-refractivity contribution >= 4 is 29.1 Å². The number of guanidine groups is 1. The lowest BCUT2D eigenvalue weighted by atomic mass is 9.93. The highest BCUT2D eigenvalue weighted by Gasteiger charge is 2.52. The third-order valence-corrected chi connectivity index (χ3v) is 5.01. The van der Waals surface area contributed by atoms with Gasteiger partial charge in [-0.3, -0.25) is 4.99 Å². The number of aryl methyl sites for hydroxylation is 1. The number of nitrogens with two attached hydrogens (primary N) is 2. The van der Waals surface area contributed by atoms with Gasteiger partial charge in [0.2, 0.25) is 5.54 Å². The molecular weight excluding hydrogens is 432 g/mol. The van der Waals surface area contributed by atoms with Crippen molar-refractivity contribution in [3.05, 3.63) is 18.3 Å².